The summed E-state index contributed by atoms with van der Waals surface area (Å²) in [7, 11) is 0. The highest BCUT2D eigenvalue weighted by molar-refractivity contribution is 5.76. The van der Waals surface area contributed by atoms with E-state index in [1.54, 1.807) is 0 Å². The molecule has 1 atom stereocenters. The molecule has 3 nitrogen and oxygen atoms in total. The van der Waals surface area contributed by atoms with Crippen LogP contribution in [0.4, 0.5) is 0 Å². The Morgan fingerprint density at radius 2 is 1.11 bits per heavy atom. The average molecular weight is 397 g/mol. The summed E-state index contributed by atoms with van der Waals surface area (Å²) in [5, 5.41) is 3.15. The predicted octanol–water partition coefficient (Wildman–Crippen LogP) is 7.44. The number of hydrogen-bond donors (Lipinski definition) is 1. The molecule has 1 N–H and O–H groups in total. The van der Waals surface area contributed by atoms with Gasteiger partial charge in [0.2, 0.25) is 5.91 Å². The Labute approximate surface area is 177 Å². The van der Waals surface area contributed by atoms with Crippen molar-refractivity contribution >= 4 is 5.91 Å². The van der Waals surface area contributed by atoms with Crippen molar-refractivity contribution in [2.45, 2.75) is 143 Å². The summed E-state index contributed by atoms with van der Waals surface area (Å²) >= 11 is 0. The first-order chi connectivity index (χ1) is 13.7. The van der Waals surface area contributed by atoms with Crippen LogP contribution in [0.3, 0.4) is 0 Å². The highest BCUT2D eigenvalue weighted by Crippen LogP contribution is 2.13. The number of hydrogen-bond acceptors (Lipinski definition) is 2. The quantitative estimate of drug-likeness (QED) is 0.161. The van der Waals surface area contributed by atoms with Gasteiger partial charge in [0, 0.05) is 6.42 Å². The van der Waals surface area contributed by atoms with Gasteiger partial charge in [0.15, 0.2) is 0 Å². The molecule has 1 unspecified atom stereocenters. The zero-order valence-electron chi connectivity index (χ0n) is 19.9. The number of nitrogens with one attached hydrogen (secondary N) is 1. The third-order valence-electron chi connectivity index (χ3n) is 5.84. The molecule has 0 aliphatic heterocycles. The number of carbonyl (C=O) groups is 1. The molecular weight excluding hydrogens is 344 g/mol. The second-order valence-electron chi connectivity index (χ2n) is 8.57. The molecule has 0 bridgehead atoms. The van der Waals surface area contributed by atoms with E-state index in [-0.39, 0.29) is 12.1 Å². The molecule has 0 saturated carbocycles. The van der Waals surface area contributed by atoms with E-state index in [1.165, 1.54) is 89.9 Å². The van der Waals surface area contributed by atoms with Crippen molar-refractivity contribution in [1.82, 2.24) is 10.2 Å². The second-order valence-corrected chi connectivity index (χ2v) is 8.57. The van der Waals surface area contributed by atoms with Crippen LogP contribution in [0.5, 0.6) is 0 Å². The Morgan fingerprint density at radius 1 is 0.679 bits per heavy atom. The normalized spacial score (nSPS) is 12.5. The SMILES string of the molecule is CCCCCCCCCCCCCCCCCC(=O)NC(C)N(CC)CCC. The molecule has 168 valence electrons. The first-order valence-electron chi connectivity index (χ1n) is 12.7. The van der Waals surface area contributed by atoms with Crippen LogP contribution >= 0.6 is 0 Å². The summed E-state index contributed by atoms with van der Waals surface area (Å²) in [6, 6.07) is 0. The van der Waals surface area contributed by atoms with Crippen LogP contribution in [0, 0.1) is 0 Å². The largest absolute Gasteiger partial charge is 0.341 e. The van der Waals surface area contributed by atoms with Gasteiger partial charge < -0.3 is 5.32 Å². The fourth-order valence-corrected chi connectivity index (χ4v) is 3.97. The second kappa shape index (κ2) is 21.1. The number of amides is 1. The van der Waals surface area contributed by atoms with Gasteiger partial charge in [-0.25, -0.2) is 0 Å². The molecule has 0 rings (SSSR count). The molecule has 0 aromatic carbocycles. The number of nitrogens with zero attached hydrogens (tertiary/aromatic N) is 1. The van der Waals surface area contributed by atoms with Gasteiger partial charge in [-0.15, -0.1) is 0 Å². The van der Waals surface area contributed by atoms with Crippen molar-refractivity contribution < 1.29 is 4.79 Å². The Kier molecular flexibility index (Phi) is 20.7. The van der Waals surface area contributed by atoms with E-state index < -0.39 is 0 Å². The van der Waals surface area contributed by atoms with Crippen LogP contribution in [-0.4, -0.2) is 30.1 Å². The zero-order chi connectivity index (χ0) is 20.9. The third kappa shape index (κ3) is 17.5. The summed E-state index contributed by atoms with van der Waals surface area (Å²) in [5.74, 6) is 0.219. The summed E-state index contributed by atoms with van der Waals surface area (Å²) < 4.78 is 0. The molecule has 3 heteroatoms. The van der Waals surface area contributed by atoms with E-state index in [0.29, 0.717) is 6.42 Å². The van der Waals surface area contributed by atoms with Gasteiger partial charge in [0.1, 0.15) is 0 Å². The summed E-state index contributed by atoms with van der Waals surface area (Å²) in [6.45, 7) is 10.8. The Bertz CT molecular complexity index is 333. The number of carbonyl (C=O) groups excluding carboxylic acids is 1. The lowest BCUT2D eigenvalue weighted by molar-refractivity contribution is -0.123. The molecule has 0 saturated heterocycles. The van der Waals surface area contributed by atoms with E-state index in [9.17, 15) is 4.79 Å². The lowest BCUT2D eigenvalue weighted by Gasteiger charge is -2.28. The van der Waals surface area contributed by atoms with Gasteiger partial charge in [-0.05, 0) is 32.9 Å². The molecule has 0 spiro atoms. The van der Waals surface area contributed by atoms with E-state index in [4.69, 9.17) is 0 Å². The molecule has 0 aliphatic rings. The first kappa shape index (κ1) is 27.4. The summed E-state index contributed by atoms with van der Waals surface area (Å²) in [4.78, 5) is 14.4. The lowest BCUT2D eigenvalue weighted by atomic mass is 10.0. The Hall–Kier alpha value is -0.570. The highest BCUT2D eigenvalue weighted by atomic mass is 16.1. The Balaban J connectivity index is 3.35. The summed E-state index contributed by atoms with van der Waals surface area (Å²) in [5.41, 5.74) is 0. The van der Waals surface area contributed by atoms with Crippen molar-refractivity contribution in [3.8, 4) is 0 Å². The maximum absolute atomic E-state index is 12.1. The van der Waals surface area contributed by atoms with E-state index >= 15 is 0 Å². The molecule has 0 fully saturated rings. The minimum atomic E-state index is 0.161. The van der Waals surface area contributed by atoms with Crippen molar-refractivity contribution in [2.24, 2.45) is 0 Å². The molecule has 1 amide bonds. The van der Waals surface area contributed by atoms with Gasteiger partial charge >= 0.3 is 0 Å². The van der Waals surface area contributed by atoms with Crippen molar-refractivity contribution in [1.29, 1.82) is 0 Å². The first-order valence-corrected chi connectivity index (χ1v) is 12.7. The van der Waals surface area contributed by atoms with Gasteiger partial charge in [0.25, 0.3) is 0 Å². The van der Waals surface area contributed by atoms with Gasteiger partial charge in [-0.1, -0.05) is 111 Å². The molecule has 0 heterocycles. The van der Waals surface area contributed by atoms with Gasteiger partial charge in [-0.2, -0.15) is 0 Å². The molecule has 0 aliphatic carbocycles. The maximum atomic E-state index is 12.1. The fraction of sp³-hybridized carbons (Fsp3) is 0.960. The van der Waals surface area contributed by atoms with Crippen LogP contribution in [-0.2, 0) is 4.79 Å². The van der Waals surface area contributed by atoms with Crippen molar-refractivity contribution in [2.75, 3.05) is 13.1 Å². The average Bonchev–Trinajstić information content (AvgIpc) is 2.68. The van der Waals surface area contributed by atoms with Crippen molar-refractivity contribution in [3.63, 3.8) is 0 Å². The van der Waals surface area contributed by atoms with Gasteiger partial charge in [0.05, 0.1) is 6.17 Å². The van der Waals surface area contributed by atoms with Crippen LogP contribution in [0.2, 0.25) is 0 Å². The fourth-order valence-electron chi connectivity index (χ4n) is 3.97. The molecular formula is C25H52N2O. The van der Waals surface area contributed by atoms with Crippen molar-refractivity contribution in [3.05, 3.63) is 0 Å². The van der Waals surface area contributed by atoms with Crippen LogP contribution in [0.1, 0.15) is 137 Å². The van der Waals surface area contributed by atoms with E-state index in [2.05, 4.69) is 37.9 Å². The third-order valence-corrected chi connectivity index (χ3v) is 5.84. The molecule has 0 aromatic rings. The van der Waals surface area contributed by atoms with Crippen LogP contribution in [0.15, 0.2) is 0 Å². The summed E-state index contributed by atoms with van der Waals surface area (Å²) in [6.07, 6.45) is 22.5. The minimum absolute atomic E-state index is 0.161. The monoisotopic (exact) mass is 396 g/mol. The minimum Gasteiger partial charge on any atom is -0.341 e. The Morgan fingerprint density at radius 3 is 1.50 bits per heavy atom. The standard InChI is InChI=1S/C25H52N2O/c1-5-8-9-10-11-12-13-14-15-16-17-18-19-20-21-22-25(28)26-24(4)27(7-3)23-6-2/h24H,5-23H2,1-4H3,(H,26,28). The van der Waals surface area contributed by atoms with Crippen LogP contribution < -0.4 is 5.32 Å². The van der Waals surface area contributed by atoms with Gasteiger partial charge in [-0.3, -0.25) is 9.69 Å². The van der Waals surface area contributed by atoms with Crippen LogP contribution in [0.25, 0.3) is 0 Å². The molecule has 0 aromatic heterocycles. The van der Waals surface area contributed by atoms with E-state index in [1.807, 2.05) is 0 Å². The maximum Gasteiger partial charge on any atom is 0.221 e. The lowest BCUT2D eigenvalue weighted by Crippen LogP contribution is -2.46. The smallest absolute Gasteiger partial charge is 0.221 e. The highest BCUT2D eigenvalue weighted by Gasteiger charge is 2.13. The number of rotatable bonds is 21. The predicted molar refractivity (Wildman–Crippen MR) is 125 cm³/mol. The molecule has 0 radical (unpaired) electrons. The molecule has 28 heavy (non-hydrogen) atoms. The topological polar surface area (TPSA) is 32.3 Å². The van der Waals surface area contributed by atoms with E-state index in [0.717, 1.165) is 25.9 Å². The zero-order valence-corrected chi connectivity index (χ0v) is 19.9. The number of unbranched alkanes of at least 4 members (excludes halogenated alkanes) is 14.